The number of ether oxygens (including phenoxy) is 1. The molecule has 0 saturated carbocycles. The lowest BCUT2D eigenvalue weighted by Gasteiger charge is -2.23. The maximum atomic E-state index is 5.75. The number of methoxy groups -OCH3 is 1. The van der Waals surface area contributed by atoms with Crippen LogP contribution in [0.1, 0.15) is 12.5 Å². The van der Waals surface area contributed by atoms with Gasteiger partial charge in [-0.3, -0.25) is 0 Å². The molecular formula is C13H22N2O. The van der Waals surface area contributed by atoms with Gasteiger partial charge in [0.15, 0.2) is 0 Å². The molecule has 2 unspecified atom stereocenters. The maximum Gasteiger partial charge on any atom is 0.0503 e. The average Bonchev–Trinajstić information content (AvgIpc) is 2.31. The van der Waals surface area contributed by atoms with Crippen LogP contribution in [-0.2, 0) is 11.3 Å². The van der Waals surface area contributed by atoms with Crippen LogP contribution in [0.25, 0.3) is 0 Å². The van der Waals surface area contributed by atoms with Crippen molar-refractivity contribution >= 4 is 0 Å². The van der Waals surface area contributed by atoms with Crippen molar-refractivity contribution < 1.29 is 4.74 Å². The fraction of sp³-hybridized carbons (Fsp3) is 0.538. The van der Waals surface area contributed by atoms with Crippen LogP contribution >= 0.6 is 0 Å². The molecular weight excluding hydrogens is 200 g/mol. The van der Waals surface area contributed by atoms with Crippen molar-refractivity contribution in [3.63, 3.8) is 0 Å². The summed E-state index contributed by atoms with van der Waals surface area (Å²) in [5.74, 6) is 0.429. The van der Waals surface area contributed by atoms with Crippen LogP contribution < -0.4 is 11.1 Å². The minimum Gasteiger partial charge on any atom is -0.384 e. The Morgan fingerprint density at radius 2 is 2.00 bits per heavy atom. The Morgan fingerprint density at radius 3 is 2.56 bits per heavy atom. The second kappa shape index (κ2) is 7.39. The van der Waals surface area contributed by atoms with E-state index in [1.54, 1.807) is 7.11 Å². The van der Waals surface area contributed by atoms with Gasteiger partial charge in [0.25, 0.3) is 0 Å². The number of nitrogens with two attached hydrogens (primary N) is 1. The number of benzene rings is 1. The van der Waals surface area contributed by atoms with Gasteiger partial charge in [-0.15, -0.1) is 0 Å². The third-order valence-electron chi connectivity index (χ3n) is 2.78. The van der Waals surface area contributed by atoms with Gasteiger partial charge in [0.1, 0.15) is 0 Å². The first kappa shape index (κ1) is 13.2. The van der Waals surface area contributed by atoms with E-state index in [2.05, 4.69) is 24.4 Å². The van der Waals surface area contributed by atoms with E-state index in [0.29, 0.717) is 18.5 Å². The SMILES string of the molecule is COCC(C)C(CN)NCc1ccccc1. The van der Waals surface area contributed by atoms with Gasteiger partial charge < -0.3 is 15.8 Å². The first-order valence-corrected chi connectivity index (χ1v) is 5.74. The molecule has 3 N–H and O–H groups in total. The Balaban J connectivity index is 2.39. The Bertz CT molecular complexity index is 277. The Labute approximate surface area is 98.0 Å². The molecule has 0 heterocycles. The summed E-state index contributed by atoms with van der Waals surface area (Å²) >= 11 is 0. The van der Waals surface area contributed by atoms with Gasteiger partial charge in [-0.1, -0.05) is 37.3 Å². The number of rotatable bonds is 7. The summed E-state index contributed by atoms with van der Waals surface area (Å²) in [7, 11) is 1.72. The molecule has 0 bridgehead atoms. The highest BCUT2D eigenvalue weighted by atomic mass is 16.5. The molecule has 0 aliphatic heterocycles. The van der Waals surface area contributed by atoms with Crippen LogP contribution in [0.2, 0.25) is 0 Å². The van der Waals surface area contributed by atoms with E-state index in [4.69, 9.17) is 10.5 Å². The standard InChI is InChI=1S/C13H22N2O/c1-11(10-16-2)13(8-14)15-9-12-6-4-3-5-7-12/h3-7,11,13,15H,8-10,14H2,1-2H3. The van der Waals surface area contributed by atoms with E-state index < -0.39 is 0 Å². The Hall–Kier alpha value is -0.900. The lowest BCUT2D eigenvalue weighted by atomic mass is 10.0. The largest absolute Gasteiger partial charge is 0.384 e. The first-order valence-electron chi connectivity index (χ1n) is 5.74. The van der Waals surface area contributed by atoms with Crippen molar-refractivity contribution in [3.05, 3.63) is 35.9 Å². The topological polar surface area (TPSA) is 47.3 Å². The lowest BCUT2D eigenvalue weighted by molar-refractivity contribution is 0.140. The molecule has 1 aromatic carbocycles. The van der Waals surface area contributed by atoms with Crippen molar-refractivity contribution in [1.29, 1.82) is 0 Å². The summed E-state index contributed by atoms with van der Waals surface area (Å²) in [6.45, 7) is 4.39. The van der Waals surface area contributed by atoms with Crippen molar-refractivity contribution in [2.45, 2.75) is 19.5 Å². The Kier molecular flexibility index (Phi) is 6.08. The molecule has 0 fully saturated rings. The van der Waals surface area contributed by atoms with Gasteiger partial charge in [0.2, 0.25) is 0 Å². The van der Waals surface area contributed by atoms with E-state index in [0.717, 1.165) is 13.2 Å². The number of nitrogens with one attached hydrogen (secondary N) is 1. The molecule has 0 aromatic heterocycles. The molecule has 2 atom stereocenters. The summed E-state index contributed by atoms with van der Waals surface area (Å²) in [5, 5.41) is 3.47. The fourth-order valence-corrected chi connectivity index (χ4v) is 1.74. The molecule has 16 heavy (non-hydrogen) atoms. The van der Waals surface area contributed by atoms with Gasteiger partial charge in [-0.05, 0) is 11.5 Å². The quantitative estimate of drug-likeness (QED) is 0.733. The van der Waals surface area contributed by atoms with Crippen molar-refractivity contribution in [3.8, 4) is 0 Å². The van der Waals surface area contributed by atoms with Gasteiger partial charge in [-0.2, -0.15) is 0 Å². The molecule has 0 aliphatic rings. The first-order chi connectivity index (χ1) is 7.77. The minimum atomic E-state index is 0.306. The second-order valence-electron chi connectivity index (χ2n) is 4.14. The predicted octanol–water partition coefficient (Wildman–Crippen LogP) is 1.39. The van der Waals surface area contributed by atoms with Crippen molar-refractivity contribution in [1.82, 2.24) is 5.32 Å². The number of hydrogen-bond acceptors (Lipinski definition) is 3. The Morgan fingerprint density at radius 1 is 1.31 bits per heavy atom. The van der Waals surface area contributed by atoms with Crippen LogP contribution in [0.5, 0.6) is 0 Å². The summed E-state index contributed by atoms with van der Waals surface area (Å²) in [4.78, 5) is 0. The second-order valence-corrected chi connectivity index (χ2v) is 4.14. The molecule has 90 valence electrons. The third-order valence-corrected chi connectivity index (χ3v) is 2.78. The van der Waals surface area contributed by atoms with Gasteiger partial charge in [0, 0.05) is 26.2 Å². The molecule has 0 aliphatic carbocycles. The molecule has 1 rings (SSSR count). The summed E-state index contributed by atoms with van der Waals surface area (Å²) in [6.07, 6.45) is 0. The average molecular weight is 222 g/mol. The zero-order chi connectivity index (χ0) is 11.8. The van der Waals surface area contributed by atoms with Gasteiger partial charge in [0.05, 0.1) is 6.61 Å². The molecule has 0 saturated heterocycles. The smallest absolute Gasteiger partial charge is 0.0503 e. The molecule has 3 nitrogen and oxygen atoms in total. The minimum absolute atomic E-state index is 0.306. The summed E-state index contributed by atoms with van der Waals surface area (Å²) in [6, 6.07) is 10.7. The number of hydrogen-bond donors (Lipinski definition) is 2. The highest BCUT2D eigenvalue weighted by Gasteiger charge is 2.14. The van der Waals surface area contributed by atoms with Crippen molar-refractivity contribution in [2.75, 3.05) is 20.3 Å². The van der Waals surface area contributed by atoms with E-state index in [1.165, 1.54) is 5.56 Å². The van der Waals surface area contributed by atoms with Crippen LogP contribution in [-0.4, -0.2) is 26.3 Å². The fourth-order valence-electron chi connectivity index (χ4n) is 1.74. The zero-order valence-electron chi connectivity index (χ0n) is 10.1. The monoisotopic (exact) mass is 222 g/mol. The van der Waals surface area contributed by atoms with Crippen LogP contribution in [0, 0.1) is 5.92 Å². The molecule has 0 amide bonds. The summed E-state index contributed by atoms with van der Waals surface area (Å²) in [5.41, 5.74) is 7.03. The summed E-state index contributed by atoms with van der Waals surface area (Å²) < 4.78 is 5.14. The van der Waals surface area contributed by atoms with E-state index in [-0.39, 0.29) is 0 Å². The predicted molar refractivity (Wildman–Crippen MR) is 67.2 cm³/mol. The molecule has 0 radical (unpaired) electrons. The van der Waals surface area contributed by atoms with Gasteiger partial charge >= 0.3 is 0 Å². The van der Waals surface area contributed by atoms with Gasteiger partial charge in [-0.25, -0.2) is 0 Å². The normalized spacial score (nSPS) is 14.7. The van der Waals surface area contributed by atoms with Crippen molar-refractivity contribution in [2.24, 2.45) is 11.7 Å². The van der Waals surface area contributed by atoms with Crippen LogP contribution in [0.3, 0.4) is 0 Å². The van der Waals surface area contributed by atoms with Crippen LogP contribution in [0.15, 0.2) is 30.3 Å². The lowest BCUT2D eigenvalue weighted by Crippen LogP contribution is -2.42. The molecule has 1 aromatic rings. The van der Waals surface area contributed by atoms with E-state index in [1.807, 2.05) is 18.2 Å². The zero-order valence-corrected chi connectivity index (χ0v) is 10.1. The highest BCUT2D eigenvalue weighted by molar-refractivity contribution is 5.14. The van der Waals surface area contributed by atoms with E-state index >= 15 is 0 Å². The maximum absolute atomic E-state index is 5.75. The van der Waals surface area contributed by atoms with E-state index in [9.17, 15) is 0 Å². The molecule has 3 heteroatoms. The van der Waals surface area contributed by atoms with Crippen LogP contribution in [0.4, 0.5) is 0 Å². The third kappa shape index (κ3) is 4.31. The molecule has 0 spiro atoms. The highest BCUT2D eigenvalue weighted by Crippen LogP contribution is 2.04.